The highest BCUT2D eigenvalue weighted by Crippen LogP contribution is 2.27. The summed E-state index contributed by atoms with van der Waals surface area (Å²) in [5.74, 6) is 0. The van der Waals surface area contributed by atoms with E-state index in [0.29, 0.717) is 12.2 Å². The van der Waals surface area contributed by atoms with Crippen LogP contribution in [0.3, 0.4) is 0 Å². The van der Waals surface area contributed by atoms with E-state index in [1.165, 1.54) is 10.6 Å². The fourth-order valence-electron chi connectivity index (χ4n) is 2.27. The van der Waals surface area contributed by atoms with E-state index in [9.17, 15) is 8.42 Å². The summed E-state index contributed by atoms with van der Waals surface area (Å²) in [4.78, 5) is 4.57. The maximum Gasteiger partial charge on any atom is 0.232 e. The van der Waals surface area contributed by atoms with E-state index < -0.39 is 10.0 Å². The average molecular weight is 354 g/mol. The molecule has 1 heterocycles. The molecule has 0 saturated heterocycles. The van der Waals surface area contributed by atoms with E-state index in [0.717, 1.165) is 35.8 Å². The molecule has 0 saturated carbocycles. The molecule has 0 fully saturated rings. The standard InChI is InChI=1S/C16H23N3O2S2/c1-4-6-11-17-16-18-15(12-22-16)13-7-9-14(10-8-13)19(5-2)23(3,20)21/h7-10,12H,4-6,11H2,1-3H3,(H,17,18). The molecule has 2 rings (SSSR count). The first kappa shape index (κ1) is 17.7. The zero-order valence-electron chi connectivity index (χ0n) is 13.7. The molecule has 1 aromatic carbocycles. The van der Waals surface area contributed by atoms with E-state index in [-0.39, 0.29) is 0 Å². The highest BCUT2D eigenvalue weighted by Gasteiger charge is 2.15. The van der Waals surface area contributed by atoms with Gasteiger partial charge in [-0.1, -0.05) is 25.5 Å². The quantitative estimate of drug-likeness (QED) is 0.733. The zero-order valence-corrected chi connectivity index (χ0v) is 15.4. The summed E-state index contributed by atoms with van der Waals surface area (Å²) < 4.78 is 24.9. The number of rotatable bonds is 8. The Kier molecular flexibility index (Phi) is 6.01. The van der Waals surface area contributed by atoms with Crippen molar-refractivity contribution in [2.45, 2.75) is 26.7 Å². The summed E-state index contributed by atoms with van der Waals surface area (Å²) in [6, 6.07) is 7.47. The Bertz CT molecular complexity index is 724. The zero-order chi connectivity index (χ0) is 16.9. The highest BCUT2D eigenvalue weighted by molar-refractivity contribution is 7.92. The van der Waals surface area contributed by atoms with Crippen molar-refractivity contribution >= 4 is 32.2 Å². The van der Waals surface area contributed by atoms with Gasteiger partial charge in [-0.05, 0) is 25.5 Å². The molecule has 0 amide bonds. The monoisotopic (exact) mass is 353 g/mol. The van der Waals surface area contributed by atoms with Crippen molar-refractivity contribution in [2.24, 2.45) is 0 Å². The largest absolute Gasteiger partial charge is 0.362 e. The van der Waals surface area contributed by atoms with Crippen LogP contribution in [-0.4, -0.2) is 32.7 Å². The summed E-state index contributed by atoms with van der Waals surface area (Å²) in [6.45, 7) is 5.33. The Morgan fingerprint density at radius 1 is 1.22 bits per heavy atom. The molecule has 0 unspecified atom stereocenters. The summed E-state index contributed by atoms with van der Waals surface area (Å²) in [7, 11) is -3.24. The Balaban J connectivity index is 2.13. The summed E-state index contributed by atoms with van der Waals surface area (Å²) >= 11 is 1.59. The Labute approximate surface area is 142 Å². The topological polar surface area (TPSA) is 62.3 Å². The van der Waals surface area contributed by atoms with Crippen LogP contribution in [0.1, 0.15) is 26.7 Å². The van der Waals surface area contributed by atoms with Crippen LogP contribution in [0.2, 0.25) is 0 Å². The Morgan fingerprint density at radius 3 is 2.48 bits per heavy atom. The third-order valence-electron chi connectivity index (χ3n) is 3.45. The van der Waals surface area contributed by atoms with Crippen molar-refractivity contribution in [3.8, 4) is 11.3 Å². The van der Waals surface area contributed by atoms with Gasteiger partial charge in [-0.25, -0.2) is 13.4 Å². The number of thiazole rings is 1. The lowest BCUT2D eigenvalue weighted by Gasteiger charge is -2.20. The second kappa shape index (κ2) is 7.79. The Morgan fingerprint density at radius 2 is 1.91 bits per heavy atom. The van der Waals surface area contributed by atoms with Crippen LogP contribution in [0.25, 0.3) is 11.3 Å². The molecule has 5 nitrogen and oxygen atoms in total. The first-order valence-electron chi connectivity index (χ1n) is 7.73. The number of hydrogen-bond acceptors (Lipinski definition) is 5. The van der Waals surface area contributed by atoms with Crippen LogP contribution in [0.4, 0.5) is 10.8 Å². The predicted octanol–water partition coefficient (Wildman–Crippen LogP) is 3.81. The molecule has 0 spiro atoms. The maximum atomic E-state index is 11.8. The van der Waals surface area contributed by atoms with Gasteiger partial charge in [0.2, 0.25) is 10.0 Å². The molecule has 23 heavy (non-hydrogen) atoms. The number of hydrogen-bond donors (Lipinski definition) is 1. The number of nitrogens with zero attached hydrogens (tertiary/aromatic N) is 2. The Hall–Kier alpha value is -1.60. The van der Waals surface area contributed by atoms with Gasteiger partial charge in [-0.3, -0.25) is 4.31 Å². The van der Waals surface area contributed by atoms with Crippen LogP contribution >= 0.6 is 11.3 Å². The van der Waals surface area contributed by atoms with Gasteiger partial charge in [-0.2, -0.15) is 0 Å². The van der Waals surface area contributed by atoms with Crippen LogP contribution in [-0.2, 0) is 10.0 Å². The van der Waals surface area contributed by atoms with Crippen molar-refractivity contribution in [3.63, 3.8) is 0 Å². The van der Waals surface area contributed by atoms with E-state index in [4.69, 9.17) is 0 Å². The molecular formula is C16H23N3O2S2. The van der Waals surface area contributed by atoms with Crippen LogP contribution < -0.4 is 9.62 Å². The predicted molar refractivity (Wildman–Crippen MR) is 98.8 cm³/mol. The molecule has 1 aromatic heterocycles. The minimum atomic E-state index is -3.24. The molecule has 0 radical (unpaired) electrons. The first-order chi connectivity index (χ1) is 11.0. The maximum absolute atomic E-state index is 11.8. The molecule has 126 valence electrons. The third-order valence-corrected chi connectivity index (χ3v) is 5.52. The van der Waals surface area contributed by atoms with E-state index in [1.54, 1.807) is 11.3 Å². The number of benzene rings is 1. The van der Waals surface area contributed by atoms with Gasteiger partial charge in [0.25, 0.3) is 0 Å². The van der Waals surface area contributed by atoms with Crippen molar-refractivity contribution in [1.29, 1.82) is 0 Å². The highest BCUT2D eigenvalue weighted by atomic mass is 32.2. The van der Waals surface area contributed by atoms with Crippen molar-refractivity contribution in [3.05, 3.63) is 29.6 Å². The van der Waals surface area contributed by atoms with E-state index in [1.807, 2.05) is 36.6 Å². The molecule has 7 heteroatoms. The molecule has 2 aromatic rings. The number of anilines is 2. The van der Waals surface area contributed by atoms with Gasteiger partial charge in [0.15, 0.2) is 5.13 Å². The van der Waals surface area contributed by atoms with Crippen molar-refractivity contribution < 1.29 is 8.42 Å². The fraction of sp³-hybridized carbons (Fsp3) is 0.438. The fourth-order valence-corrected chi connectivity index (χ4v) is 3.99. The smallest absolute Gasteiger partial charge is 0.232 e. The van der Waals surface area contributed by atoms with E-state index in [2.05, 4.69) is 17.2 Å². The normalized spacial score (nSPS) is 11.4. The number of nitrogens with one attached hydrogen (secondary N) is 1. The number of unbranched alkanes of at least 4 members (excludes halogenated alkanes) is 1. The van der Waals surface area contributed by atoms with Gasteiger partial charge in [0, 0.05) is 24.0 Å². The van der Waals surface area contributed by atoms with Crippen LogP contribution in [0.15, 0.2) is 29.6 Å². The van der Waals surface area contributed by atoms with Gasteiger partial charge >= 0.3 is 0 Å². The van der Waals surface area contributed by atoms with Crippen molar-refractivity contribution in [1.82, 2.24) is 4.98 Å². The molecular weight excluding hydrogens is 330 g/mol. The molecule has 0 bridgehead atoms. The van der Waals surface area contributed by atoms with Gasteiger partial charge in [0.05, 0.1) is 17.6 Å². The lowest BCUT2D eigenvalue weighted by atomic mass is 10.1. The molecule has 1 N–H and O–H groups in total. The van der Waals surface area contributed by atoms with Gasteiger partial charge in [-0.15, -0.1) is 11.3 Å². The lowest BCUT2D eigenvalue weighted by molar-refractivity contribution is 0.598. The number of sulfonamides is 1. The minimum Gasteiger partial charge on any atom is -0.362 e. The molecule has 0 aliphatic rings. The molecule has 0 aliphatic heterocycles. The first-order valence-corrected chi connectivity index (χ1v) is 10.5. The summed E-state index contributed by atoms with van der Waals surface area (Å²) in [5, 5.41) is 6.25. The molecule has 0 atom stereocenters. The summed E-state index contributed by atoms with van der Waals surface area (Å²) in [6.07, 6.45) is 3.50. The third kappa shape index (κ3) is 4.68. The SMILES string of the molecule is CCCCNc1nc(-c2ccc(N(CC)S(C)(=O)=O)cc2)cs1. The van der Waals surface area contributed by atoms with Crippen LogP contribution in [0.5, 0.6) is 0 Å². The molecule has 0 aliphatic carbocycles. The lowest BCUT2D eigenvalue weighted by Crippen LogP contribution is -2.29. The second-order valence-corrected chi connectivity index (χ2v) is 8.06. The second-order valence-electron chi connectivity index (χ2n) is 5.29. The van der Waals surface area contributed by atoms with Crippen LogP contribution in [0, 0.1) is 0 Å². The van der Waals surface area contributed by atoms with E-state index >= 15 is 0 Å². The van der Waals surface area contributed by atoms with Gasteiger partial charge in [0.1, 0.15) is 0 Å². The average Bonchev–Trinajstić information content (AvgIpc) is 2.96. The summed E-state index contributed by atoms with van der Waals surface area (Å²) in [5.41, 5.74) is 2.57. The number of aromatic nitrogens is 1. The van der Waals surface area contributed by atoms with Crippen molar-refractivity contribution in [2.75, 3.05) is 29.0 Å². The minimum absolute atomic E-state index is 0.417. The van der Waals surface area contributed by atoms with Gasteiger partial charge < -0.3 is 5.32 Å².